The van der Waals surface area contributed by atoms with Gasteiger partial charge in [0.25, 0.3) is 0 Å². The van der Waals surface area contributed by atoms with E-state index >= 15 is 0 Å². The Morgan fingerprint density at radius 2 is 2.17 bits per heavy atom. The molecule has 0 spiro atoms. The van der Waals surface area contributed by atoms with E-state index in [-0.39, 0.29) is 5.91 Å². The molecule has 0 saturated heterocycles. The molecule has 1 atom stereocenters. The summed E-state index contributed by atoms with van der Waals surface area (Å²) < 4.78 is 0. The van der Waals surface area contributed by atoms with Crippen LogP contribution in [0.4, 0.5) is 0 Å². The van der Waals surface area contributed by atoms with Crippen molar-refractivity contribution in [2.45, 2.75) is 44.3 Å². The Kier molecular flexibility index (Phi) is 7.68. The van der Waals surface area contributed by atoms with E-state index in [1.807, 2.05) is 18.2 Å². The molecule has 1 N–H and O–H groups in total. The van der Waals surface area contributed by atoms with E-state index in [0.29, 0.717) is 18.1 Å². The van der Waals surface area contributed by atoms with Crippen molar-refractivity contribution in [3.8, 4) is 6.07 Å². The summed E-state index contributed by atoms with van der Waals surface area (Å²) in [5.41, 5.74) is 4.98. The summed E-state index contributed by atoms with van der Waals surface area (Å²) in [6.07, 6.45) is 5.75. The quantitative estimate of drug-likeness (QED) is 0.772. The van der Waals surface area contributed by atoms with Gasteiger partial charge in [0.05, 0.1) is 11.8 Å². The minimum atomic E-state index is -0.0527. The molecule has 5 heteroatoms. The van der Waals surface area contributed by atoms with Gasteiger partial charge < -0.3 is 0 Å². The lowest BCUT2D eigenvalue weighted by Crippen LogP contribution is -2.26. The fourth-order valence-electron chi connectivity index (χ4n) is 2.77. The molecule has 0 aliphatic heterocycles. The summed E-state index contributed by atoms with van der Waals surface area (Å²) in [4.78, 5) is 11.9. The summed E-state index contributed by atoms with van der Waals surface area (Å²) in [5.74, 6) is 1.55. The molecule has 0 unspecified atom stereocenters. The minimum absolute atomic E-state index is 0.0527. The molecule has 1 aromatic rings. The molecule has 2 rings (SSSR count). The molecule has 0 heterocycles. The zero-order valence-electron chi connectivity index (χ0n) is 13.3. The van der Waals surface area contributed by atoms with Crippen LogP contribution in [0.2, 0.25) is 0 Å². The van der Waals surface area contributed by atoms with Crippen LogP contribution < -0.4 is 5.43 Å². The topological polar surface area (TPSA) is 65.2 Å². The zero-order chi connectivity index (χ0) is 16.3. The third-order valence-corrected chi connectivity index (χ3v) is 4.98. The summed E-state index contributed by atoms with van der Waals surface area (Å²) in [6.45, 7) is 0. The van der Waals surface area contributed by atoms with Crippen LogP contribution in [0.3, 0.4) is 0 Å². The van der Waals surface area contributed by atoms with Crippen molar-refractivity contribution < 1.29 is 4.79 Å². The van der Waals surface area contributed by atoms with Crippen molar-refractivity contribution in [2.24, 2.45) is 11.0 Å². The Hall–Kier alpha value is -1.80. The fraction of sp³-hybridized carbons (Fsp3) is 0.500. The Balaban J connectivity index is 1.74. The van der Waals surface area contributed by atoms with Crippen molar-refractivity contribution in [3.05, 3.63) is 35.9 Å². The largest absolute Gasteiger partial charge is 0.272 e. The van der Waals surface area contributed by atoms with Crippen LogP contribution in [-0.2, 0) is 10.5 Å². The van der Waals surface area contributed by atoms with Gasteiger partial charge in [-0.2, -0.15) is 10.4 Å². The number of hydrazone groups is 1. The maximum atomic E-state index is 11.9. The van der Waals surface area contributed by atoms with E-state index < -0.39 is 0 Å². The Labute approximate surface area is 142 Å². The molecule has 1 aromatic carbocycles. The van der Waals surface area contributed by atoms with Crippen molar-refractivity contribution in [2.75, 3.05) is 5.75 Å². The van der Waals surface area contributed by atoms with E-state index in [9.17, 15) is 4.79 Å². The number of nitrogens with one attached hydrogen (secondary N) is 1. The Bertz CT molecular complexity index is 565. The molecule has 1 aliphatic carbocycles. The predicted octanol–water partition coefficient (Wildman–Crippen LogP) is 3.89. The first kappa shape index (κ1) is 17.6. The van der Waals surface area contributed by atoms with E-state index in [1.165, 1.54) is 12.0 Å². The van der Waals surface area contributed by atoms with E-state index in [1.54, 1.807) is 11.8 Å². The highest BCUT2D eigenvalue weighted by Crippen LogP contribution is 2.25. The van der Waals surface area contributed by atoms with Crippen LogP contribution in [0.15, 0.2) is 35.4 Å². The van der Waals surface area contributed by atoms with Gasteiger partial charge in [0, 0.05) is 23.8 Å². The summed E-state index contributed by atoms with van der Waals surface area (Å²) >= 11 is 1.59. The van der Waals surface area contributed by atoms with Gasteiger partial charge in [-0.1, -0.05) is 36.8 Å². The number of nitrogens with zero attached hydrogens (tertiary/aromatic N) is 2. The van der Waals surface area contributed by atoms with Gasteiger partial charge in [-0.05, 0) is 31.2 Å². The molecular formula is C18H23N3OS. The highest BCUT2D eigenvalue weighted by atomic mass is 32.2. The number of thioether (sulfide) groups is 1. The number of amides is 1. The van der Waals surface area contributed by atoms with Gasteiger partial charge in [-0.3, -0.25) is 4.79 Å². The first-order valence-electron chi connectivity index (χ1n) is 8.13. The highest BCUT2D eigenvalue weighted by molar-refractivity contribution is 7.99. The number of hydrogen-bond donors (Lipinski definition) is 1. The van der Waals surface area contributed by atoms with Crippen molar-refractivity contribution >= 4 is 23.4 Å². The van der Waals surface area contributed by atoms with Crippen LogP contribution in [0.5, 0.6) is 0 Å². The Morgan fingerprint density at radius 3 is 2.96 bits per heavy atom. The van der Waals surface area contributed by atoms with Crippen LogP contribution in [-0.4, -0.2) is 17.4 Å². The standard InChI is InChI=1S/C18H23N3OS/c19-12-6-10-16-9-4-5-11-17(16)20-21-18(22)14-23-13-15-7-2-1-3-8-15/h1-3,7-8,16H,4-6,9-11,13-14H2,(H,21,22)/b20-17-/t16-/m0/s1. The van der Waals surface area contributed by atoms with Gasteiger partial charge in [0.2, 0.25) is 5.91 Å². The third kappa shape index (κ3) is 6.45. The number of carbonyl (C=O) groups excluding carboxylic acids is 1. The molecule has 1 aliphatic rings. The smallest absolute Gasteiger partial charge is 0.250 e. The van der Waals surface area contributed by atoms with Gasteiger partial charge >= 0.3 is 0 Å². The Morgan fingerprint density at radius 1 is 1.35 bits per heavy atom. The highest BCUT2D eigenvalue weighted by Gasteiger charge is 2.20. The second kappa shape index (κ2) is 10.1. The lowest BCUT2D eigenvalue weighted by molar-refractivity contribution is -0.118. The third-order valence-electron chi connectivity index (χ3n) is 3.98. The maximum absolute atomic E-state index is 11.9. The second-order valence-corrected chi connectivity index (χ2v) is 6.74. The monoisotopic (exact) mass is 329 g/mol. The molecule has 1 amide bonds. The first-order chi connectivity index (χ1) is 11.3. The van der Waals surface area contributed by atoms with Gasteiger partial charge in [0.15, 0.2) is 0 Å². The summed E-state index contributed by atoms with van der Waals surface area (Å²) in [6, 6.07) is 12.3. The van der Waals surface area contributed by atoms with Crippen LogP contribution in [0, 0.1) is 17.2 Å². The van der Waals surface area contributed by atoms with Crippen LogP contribution >= 0.6 is 11.8 Å². The van der Waals surface area contributed by atoms with Gasteiger partial charge in [-0.25, -0.2) is 5.43 Å². The minimum Gasteiger partial charge on any atom is -0.272 e. The lowest BCUT2D eigenvalue weighted by atomic mass is 9.84. The number of carbonyl (C=O) groups is 1. The van der Waals surface area contributed by atoms with Crippen LogP contribution in [0.25, 0.3) is 0 Å². The van der Waals surface area contributed by atoms with E-state index in [0.717, 1.165) is 37.1 Å². The molecule has 1 saturated carbocycles. The molecule has 1 fully saturated rings. The van der Waals surface area contributed by atoms with Gasteiger partial charge in [-0.15, -0.1) is 11.8 Å². The number of nitriles is 1. The number of benzene rings is 1. The molecule has 122 valence electrons. The average molecular weight is 329 g/mol. The van der Waals surface area contributed by atoms with Gasteiger partial charge in [0.1, 0.15) is 0 Å². The number of rotatable bonds is 7. The normalized spacial score (nSPS) is 19.3. The lowest BCUT2D eigenvalue weighted by Gasteiger charge is -2.23. The van der Waals surface area contributed by atoms with Crippen molar-refractivity contribution in [1.82, 2.24) is 5.43 Å². The van der Waals surface area contributed by atoms with Crippen molar-refractivity contribution in [1.29, 1.82) is 5.26 Å². The first-order valence-corrected chi connectivity index (χ1v) is 9.29. The number of hydrogen-bond acceptors (Lipinski definition) is 4. The van der Waals surface area contributed by atoms with Crippen molar-refractivity contribution in [3.63, 3.8) is 0 Å². The van der Waals surface area contributed by atoms with E-state index in [2.05, 4.69) is 28.7 Å². The average Bonchev–Trinajstić information content (AvgIpc) is 2.60. The summed E-state index contributed by atoms with van der Waals surface area (Å²) in [5, 5.41) is 13.1. The molecule has 0 bridgehead atoms. The molecule has 0 aromatic heterocycles. The molecule has 23 heavy (non-hydrogen) atoms. The maximum Gasteiger partial charge on any atom is 0.250 e. The molecular weight excluding hydrogens is 306 g/mol. The van der Waals surface area contributed by atoms with E-state index in [4.69, 9.17) is 5.26 Å². The second-order valence-electron chi connectivity index (χ2n) is 5.76. The summed E-state index contributed by atoms with van der Waals surface area (Å²) in [7, 11) is 0. The SMILES string of the molecule is N#CCC[C@@H]1CCCC/C1=N/NC(=O)CSCc1ccccc1. The predicted molar refractivity (Wildman–Crippen MR) is 95.0 cm³/mol. The molecule has 4 nitrogen and oxygen atoms in total. The fourth-order valence-corrected chi connectivity index (χ4v) is 3.55. The molecule has 0 radical (unpaired) electrons. The van der Waals surface area contributed by atoms with Crippen LogP contribution in [0.1, 0.15) is 44.1 Å². The zero-order valence-corrected chi connectivity index (χ0v) is 14.1.